The van der Waals surface area contributed by atoms with Gasteiger partial charge in [-0.25, -0.2) is 0 Å². The summed E-state index contributed by atoms with van der Waals surface area (Å²) in [6, 6.07) is 0.995. The molecule has 0 spiro atoms. The van der Waals surface area contributed by atoms with Crippen molar-refractivity contribution in [2.24, 2.45) is 0 Å². The second-order valence-corrected chi connectivity index (χ2v) is 4.94. The molecule has 0 aromatic heterocycles. The number of hydrogen-bond donors (Lipinski definition) is 1. The van der Waals surface area contributed by atoms with E-state index in [0.29, 0.717) is 0 Å². The van der Waals surface area contributed by atoms with Gasteiger partial charge in [0.15, 0.2) is 0 Å². The van der Waals surface area contributed by atoms with Gasteiger partial charge in [0.2, 0.25) is 0 Å². The normalized spacial score (nSPS) is 14.6. The lowest BCUT2D eigenvalue weighted by Gasteiger charge is -2.23. The minimum Gasteiger partial charge on any atom is -0.312 e. The van der Waals surface area contributed by atoms with Gasteiger partial charge in [0.25, 0.3) is 0 Å². The van der Waals surface area contributed by atoms with Gasteiger partial charge in [-0.2, -0.15) is 26.3 Å². The van der Waals surface area contributed by atoms with E-state index < -0.39 is 29.5 Å². The van der Waals surface area contributed by atoms with Crippen LogP contribution in [-0.2, 0) is 12.4 Å². The molecule has 0 amide bonds. The summed E-state index contributed by atoms with van der Waals surface area (Å²) < 4.78 is 76.6. The van der Waals surface area contributed by atoms with Gasteiger partial charge < -0.3 is 10.2 Å². The molecule has 1 aromatic carbocycles. The Morgan fingerprint density at radius 1 is 0.952 bits per heavy atom. The fraction of sp³-hybridized carbons (Fsp3) is 0.538. The van der Waals surface area contributed by atoms with Crippen LogP contribution in [0, 0.1) is 0 Å². The molecular formula is C13H16F6N2. The van der Waals surface area contributed by atoms with Crippen LogP contribution < -0.4 is 5.32 Å². The summed E-state index contributed by atoms with van der Waals surface area (Å²) in [5.74, 6) is 0. The van der Waals surface area contributed by atoms with Crippen LogP contribution in [0.3, 0.4) is 0 Å². The zero-order chi connectivity index (χ0) is 16.4. The Morgan fingerprint density at radius 3 is 1.67 bits per heavy atom. The highest BCUT2D eigenvalue weighted by Gasteiger charge is 2.37. The highest BCUT2D eigenvalue weighted by molar-refractivity contribution is 5.35. The molecule has 1 unspecified atom stereocenters. The van der Waals surface area contributed by atoms with Crippen molar-refractivity contribution in [3.05, 3.63) is 34.9 Å². The van der Waals surface area contributed by atoms with E-state index in [1.165, 1.54) is 7.05 Å². The van der Waals surface area contributed by atoms with E-state index in [-0.39, 0.29) is 18.2 Å². The number of likely N-dealkylation sites (N-methyl/N-ethyl adjacent to an activating group) is 2. The number of nitrogens with zero attached hydrogens (tertiary/aromatic N) is 1. The standard InChI is InChI=1S/C13H16F6N2/c1-20-11(7-21(2)3)8-4-9(12(14,15)16)6-10(5-8)13(17,18)19/h4-6,11,20H,7H2,1-3H3. The summed E-state index contributed by atoms with van der Waals surface area (Å²) in [6.07, 6.45) is -9.65. The number of alkyl halides is 6. The first-order chi connectivity index (χ1) is 9.45. The van der Waals surface area contributed by atoms with Crippen molar-refractivity contribution in [2.45, 2.75) is 18.4 Å². The van der Waals surface area contributed by atoms with Crippen molar-refractivity contribution < 1.29 is 26.3 Å². The van der Waals surface area contributed by atoms with Gasteiger partial charge in [0, 0.05) is 12.6 Å². The molecule has 8 heteroatoms. The van der Waals surface area contributed by atoms with E-state index in [1.807, 2.05) is 0 Å². The van der Waals surface area contributed by atoms with Crippen molar-refractivity contribution in [2.75, 3.05) is 27.7 Å². The van der Waals surface area contributed by atoms with Crippen molar-refractivity contribution in [1.29, 1.82) is 0 Å². The Bertz CT molecular complexity index is 446. The van der Waals surface area contributed by atoms with Gasteiger partial charge in [0.05, 0.1) is 11.1 Å². The average molecular weight is 314 g/mol. The molecule has 21 heavy (non-hydrogen) atoms. The van der Waals surface area contributed by atoms with Gasteiger partial charge >= 0.3 is 12.4 Å². The molecule has 0 fully saturated rings. The molecule has 0 heterocycles. The van der Waals surface area contributed by atoms with Gasteiger partial charge in [-0.1, -0.05) is 0 Å². The lowest BCUT2D eigenvalue weighted by molar-refractivity contribution is -0.143. The Labute approximate surface area is 118 Å². The Morgan fingerprint density at radius 2 is 1.38 bits per heavy atom. The van der Waals surface area contributed by atoms with Gasteiger partial charge in [-0.15, -0.1) is 0 Å². The van der Waals surface area contributed by atoms with Crippen LogP contribution in [0.4, 0.5) is 26.3 Å². The maximum atomic E-state index is 12.8. The average Bonchev–Trinajstić information content (AvgIpc) is 2.33. The second kappa shape index (κ2) is 6.23. The summed E-state index contributed by atoms with van der Waals surface area (Å²) in [7, 11) is 4.85. The third kappa shape index (κ3) is 4.89. The predicted molar refractivity (Wildman–Crippen MR) is 66.8 cm³/mol. The van der Waals surface area contributed by atoms with Crippen LogP contribution in [0.2, 0.25) is 0 Å². The van der Waals surface area contributed by atoms with E-state index in [9.17, 15) is 26.3 Å². The molecular weight excluding hydrogens is 298 g/mol. The molecule has 0 aliphatic rings. The summed E-state index contributed by atoms with van der Waals surface area (Å²) in [5.41, 5.74) is -2.65. The van der Waals surface area contributed by atoms with Gasteiger partial charge in [-0.3, -0.25) is 0 Å². The van der Waals surface area contributed by atoms with Crippen LogP contribution in [0.5, 0.6) is 0 Å². The molecule has 120 valence electrons. The Balaban J connectivity index is 3.37. The lowest BCUT2D eigenvalue weighted by Crippen LogP contribution is -2.29. The number of rotatable bonds is 4. The zero-order valence-electron chi connectivity index (χ0n) is 11.7. The second-order valence-electron chi connectivity index (χ2n) is 4.94. The predicted octanol–water partition coefficient (Wildman–Crippen LogP) is 3.55. The molecule has 1 atom stereocenters. The van der Waals surface area contributed by atoms with E-state index in [1.54, 1.807) is 19.0 Å². The third-order valence-electron chi connectivity index (χ3n) is 2.91. The van der Waals surface area contributed by atoms with Crippen LogP contribution in [0.15, 0.2) is 18.2 Å². The van der Waals surface area contributed by atoms with Crippen molar-refractivity contribution in [1.82, 2.24) is 10.2 Å². The maximum Gasteiger partial charge on any atom is 0.416 e. The van der Waals surface area contributed by atoms with E-state index in [2.05, 4.69) is 5.32 Å². The summed E-state index contributed by atoms with van der Waals surface area (Å²) in [6.45, 7) is 0.273. The molecule has 0 aliphatic heterocycles. The number of halogens is 6. The third-order valence-corrected chi connectivity index (χ3v) is 2.91. The van der Waals surface area contributed by atoms with Crippen LogP contribution in [0.25, 0.3) is 0 Å². The van der Waals surface area contributed by atoms with E-state index >= 15 is 0 Å². The molecule has 0 saturated carbocycles. The first-order valence-corrected chi connectivity index (χ1v) is 6.06. The van der Waals surface area contributed by atoms with Crippen LogP contribution in [0.1, 0.15) is 22.7 Å². The van der Waals surface area contributed by atoms with Crippen LogP contribution >= 0.6 is 0 Å². The first kappa shape index (κ1) is 17.8. The largest absolute Gasteiger partial charge is 0.416 e. The van der Waals surface area contributed by atoms with E-state index in [4.69, 9.17) is 0 Å². The minimum absolute atomic E-state index is 0.0478. The number of benzene rings is 1. The molecule has 0 radical (unpaired) electrons. The SMILES string of the molecule is CNC(CN(C)C)c1cc(C(F)(F)F)cc(C(F)(F)F)c1. The monoisotopic (exact) mass is 314 g/mol. The van der Waals surface area contributed by atoms with Gasteiger partial charge in [0.1, 0.15) is 0 Å². The first-order valence-electron chi connectivity index (χ1n) is 6.06. The van der Waals surface area contributed by atoms with Gasteiger partial charge in [-0.05, 0) is 44.9 Å². The Hall–Kier alpha value is -1.28. The molecule has 1 rings (SSSR count). The molecule has 2 nitrogen and oxygen atoms in total. The quantitative estimate of drug-likeness (QED) is 0.855. The number of hydrogen-bond acceptors (Lipinski definition) is 2. The lowest BCUT2D eigenvalue weighted by atomic mass is 9.99. The summed E-state index contributed by atoms with van der Waals surface area (Å²) in [5, 5.41) is 2.73. The number of nitrogens with one attached hydrogen (secondary N) is 1. The highest BCUT2D eigenvalue weighted by atomic mass is 19.4. The van der Waals surface area contributed by atoms with Crippen molar-refractivity contribution in [3.8, 4) is 0 Å². The smallest absolute Gasteiger partial charge is 0.312 e. The molecule has 1 aromatic rings. The van der Waals surface area contributed by atoms with Crippen LogP contribution in [-0.4, -0.2) is 32.6 Å². The summed E-state index contributed by atoms with van der Waals surface area (Å²) in [4.78, 5) is 1.68. The molecule has 1 N–H and O–H groups in total. The topological polar surface area (TPSA) is 15.3 Å². The Kier molecular flexibility index (Phi) is 5.27. The highest BCUT2D eigenvalue weighted by Crippen LogP contribution is 2.37. The molecule has 0 bridgehead atoms. The van der Waals surface area contributed by atoms with Crippen molar-refractivity contribution >= 4 is 0 Å². The zero-order valence-corrected chi connectivity index (χ0v) is 11.7. The molecule has 0 aliphatic carbocycles. The fourth-order valence-corrected chi connectivity index (χ4v) is 1.91. The van der Waals surface area contributed by atoms with E-state index in [0.717, 1.165) is 12.1 Å². The fourth-order valence-electron chi connectivity index (χ4n) is 1.91. The van der Waals surface area contributed by atoms with Crippen molar-refractivity contribution in [3.63, 3.8) is 0 Å². The maximum absolute atomic E-state index is 12.8. The summed E-state index contributed by atoms with van der Waals surface area (Å²) >= 11 is 0. The minimum atomic E-state index is -4.83. The molecule has 0 saturated heterocycles.